The number of piperidine rings is 1. The summed E-state index contributed by atoms with van der Waals surface area (Å²) >= 11 is 0. The van der Waals surface area contributed by atoms with E-state index in [0.29, 0.717) is 11.6 Å². The monoisotopic (exact) mass is 349 g/mol. The van der Waals surface area contributed by atoms with Crippen LogP contribution in [0.2, 0.25) is 0 Å². The maximum Gasteiger partial charge on any atom is 0.146 e. The Labute approximate surface area is 153 Å². The second kappa shape index (κ2) is 7.26. The van der Waals surface area contributed by atoms with Crippen LogP contribution in [0.4, 0.5) is 11.6 Å². The van der Waals surface area contributed by atoms with Gasteiger partial charge in [-0.15, -0.1) is 0 Å². The quantitative estimate of drug-likeness (QED) is 0.873. The minimum atomic E-state index is 0.383. The normalized spacial score (nSPS) is 17.5. The minimum Gasteiger partial charge on any atom is -0.367 e. The third-order valence-corrected chi connectivity index (χ3v) is 5.09. The molecule has 2 aromatic heterocycles. The molecular weight excluding hydrogens is 326 g/mol. The van der Waals surface area contributed by atoms with Crippen molar-refractivity contribution in [1.29, 1.82) is 5.26 Å². The fourth-order valence-corrected chi connectivity index (χ4v) is 3.77. The molecule has 7 heteroatoms. The molecule has 2 aliphatic heterocycles. The second-order valence-electron chi connectivity index (χ2n) is 6.86. The zero-order valence-electron chi connectivity index (χ0n) is 15.0. The van der Waals surface area contributed by atoms with Crippen molar-refractivity contribution in [2.24, 2.45) is 0 Å². The van der Waals surface area contributed by atoms with Gasteiger partial charge in [0.25, 0.3) is 0 Å². The number of fused-ring (bicyclic) bond motifs is 1. The lowest BCUT2D eigenvalue weighted by Gasteiger charge is -2.34. The molecule has 2 aliphatic rings. The first-order valence-corrected chi connectivity index (χ1v) is 9.18. The summed E-state index contributed by atoms with van der Waals surface area (Å²) in [5, 5.41) is 16.3. The maximum absolute atomic E-state index is 9.29. The van der Waals surface area contributed by atoms with E-state index in [1.807, 2.05) is 19.1 Å². The van der Waals surface area contributed by atoms with Gasteiger partial charge in [-0.25, -0.2) is 15.0 Å². The van der Waals surface area contributed by atoms with E-state index in [1.165, 1.54) is 5.56 Å². The fourth-order valence-electron chi connectivity index (χ4n) is 3.77. The lowest BCUT2D eigenvalue weighted by atomic mass is 10.0. The van der Waals surface area contributed by atoms with Crippen molar-refractivity contribution in [3.8, 4) is 6.07 Å². The molecule has 134 valence electrons. The average Bonchev–Trinajstić information content (AvgIpc) is 2.68. The van der Waals surface area contributed by atoms with E-state index in [2.05, 4.69) is 36.6 Å². The van der Waals surface area contributed by atoms with Crippen molar-refractivity contribution < 1.29 is 0 Å². The minimum absolute atomic E-state index is 0.383. The summed E-state index contributed by atoms with van der Waals surface area (Å²) < 4.78 is 0. The van der Waals surface area contributed by atoms with Crippen LogP contribution in [0.5, 0.6) is 0 Å². The van der Waals surface area contributed by atoms with Crippen LogP contribution in [0.1, 0.15) is 35.5 Å². The first-order chi connectivity index (χ1) is 12.7. The van der Waals surface area contributed by atoms with Gasteiger partial charge >= 0.3 is 0 Å². The van der Waals surface area contributed by atoms with Gasteiger partial charge in [0.1, 0.15) is 23.5 Å². The molecule has 4 heterocycles. The number of aromatic nitrogens is 3. The molecule has 2 aromatic rings. The largest absolute Gasteiger partial charge is 0.367 e. The Hall–Kier alpha value is -2.72. The lowest BCUT2D eigenvalue weighted by Crippen LogP contribution is -2.40. The smallest absolute Gasteiger partial charge is 0.146 e. The van der Waals surface area contributed by atoms with E-state index in [4.69, 9.17) is 0 Å². The van der Waals surface area contributed by atoms with E-state index in [1.54, 1.807) is 6.20 Å². The number of aryl methyl sites for hydroxylation is 1. The highest BCUT2D eigenvalue weighted by atomic mass is 15.2. The standard InChI is InChI=1S/C19H23N7/c1-13-23-17-12-21-8-4-16(17)18(24-13)25-15-5-9-26(10-6-15)19-14(11-20)3-2-7-22-19/h2-3,7,15,21H,4-6,8-10,12H2,1H3,(H,23,24,25). The van der Waals surface area contributed by atoms with E-state index in [-0.39, 0.29) is 0 Å². The molecule has 4 rings (SSSR count). The van der Waals surface area contributed by atoms with Crippen molar-refractivity contribution >= 4 is 11.6 Å². The number of anilines is 2. The van der Waals surface area contributed by atoms with Crippen molar-refractivity contribution in [1.82, 2.24) is 20.3 Å². The van der Waals surface area contributed by atoms with Gasteiger partial charge in [0, 0.05) is 37.4 Å². The van der Waals surface area contributed by atoms with Gasteiger partial charge < -0.3 is 15.5 Å². The molecule has 0 aliphatic carbocycles. The lowest BCUT2D eigenvalue weighted by molar-refractivity contribution is 0.520. The summed E-state index contributed by atoms with van der Waals surface area (Å²) in [5.74, 6) is 2.62. The first kappa shape index (κ1) is 16.7. The van der Waals surface area contributed by atoms with Crippen molar-refractivity contribution in [2.45, 2.75) is 38.8 Å². The number of nitrogens with zero attached hydrogens (tertiary/aromatic N) is 5. The van der Waals surface area contributed by atoms with Crippen molar-refractivity contribution in [3.63, 3.8) is 0 Å². The molecule has 0 bridgehead atoms. The van der Waals surface area contributed by atoms with Crippen LogP contribution < -0.4 is 15.5 Å². The molecule has 0 amide bonds. The number of hydrogen-bond acceptors (Lipinski definition) is 7. The molecular formula is C19H23N7. The summed E-state index contributed by atoms with van der Waals surface area (Å²) in [6.07, 6.45) is 4.72. The molecule has 1 fully saturated rings. The highest BCUT2D eigenvalue weighted by molar-refractivity contribution is 5.54. The predicted molar refractivity (Wildman–Crippen MR) is 100.0 cm³/mol. The Morgan fingerprint density at radius 2 is 2.15 bits per heavy atom. The van der Waals surface area contributed by atoms with Crippen LogP contribution in [0.15, 0.2) is 18.3 Å². The fraction of sp³-hybridized carbons (Fsp3) is 0.474. The van der Waals surface area contributed by atoms with Crippen LogP contribution in [0, 0.1) is 18.3 Å². The number of hydrogen-bond donors (Lipinski definition) is 2. The molecule has 0 saturated carbocycles. The van der Waals surface area contributed by atoms with E-state index < -0.39 is 0 Å². The Morgan fingerprint density at radius 1 is 1.31 bits per heavy atom. The SMILES string of the molecule is Cc1nc2c(c(NC3CCN(c4ncccc4C#N)CC3)n1)CCNC2. The summed E-state index contributed by atoms with van der Waals surface area (Å²) in [7, 11) is 0. The second-order valence-corrected chi connectivity index (χ2v) is 6.86. The number of rotatable bonds is 3. The van der Waals surface area contributed by atoms with Gasteiger partial charge in [-0.2, -0.15) is 5.26 Å². The Balaban J connectivity index is 1.45. The molecule has 1 saturated heterocycles. The summed E-state index contributed by atoms with van der Waals surface area (Å²) in [4.78, 5) is 15.9. The van der Waals surface area contributed by atoms with E-state index in [9.17, 15) is 5.26 Å². The molecule has 7 nitrogen and oxygen atoms in total. The number of nitrogens with one attached hydrogen (secondary N) is 2. The molecule has 0 atom stereocenters. The van der Waals surface area contributed by atoms with Gasteiger partial charge in [0.15, 0.2) is 0 Å². The highest BCUT2D eigenvalue weighted by Crippen LogP contribution is 2.25. The van der Waals surface area contributed by atoms with Crippen LogP contribution >= 0.6 is 0 Å². The highest BCUT2D eigenvalue weighted by Gasteiger charge is 2.24. The van der Waals surface area contributed by atoms with Crippen LogP contribution in [-0.4, -0.2) is 40.6 Å². The van der Waals surface area contributed by atoms with E-state index in [0.717, 1.165) is 68.6 Å². The van der Waals surface area contributed by atoms with Gasteiger partial charge in [0.2, 0.25) is 0 Å². The molecule has 2 N–H and O–H groups in total. The first-order valence-electron chi connectivity index (χ1n) is 9.18. The topological polar surface area (TPSA) is 89.8 Å². The van der Waals surface area contributed by atoms with Crippen LogP contribution in [0.25, 0.3) is 0 Å². The van der Waals surface area contributed by atoms with Crippen LogP contribution in [0.3, 0.4) is 0 Å². The van der Waals surface area contributed by atoms with Crippen molar-refractivity contribution in [2.75, 3.05) is 29.9 Å². The van der Waals surface area contributed by atoms with Crippen molar-refractivity contribution in [3.05, 3.63) is 41.0 Å². The van der Waals surface area contributed by atoms with Gasteiger partial charge in [-0.1, -0.05) is 0 Å². The van der Waals surface area contributed by atoms with Gasteiger partial charge in [-0.3, -0.25) is 0 Å². The number of nitriles is 1. The summed E-state index contributed by atoms with van der Waals surface area (Å²) in [6.45, 7) is 5.52. The summed E-state index contributed by atoms with van der Waals surface area (Å²) in [6, 6.07) is 6.27. The molecule has 26 heavy (non-hydrogen) atoms. The molecule has 0 unspecified atom stereocenters. The van der Waals surface area contributed by atoms with E-state index >= 15 is 0 Å². The molecule has 0 radical (unpaired) electrons. The Bertz CT molecular complexity index is 834. The third-order valence-electron chi connectivity index (χ3n) is 5.09. The summed E-state index contributed by atoms with van der Waals surface area (Å²) in [5.41, 5.74) is 3.02. The Kier molecular flexibility index (Phi) is 4.67. The maximum atomic E-state index is 9.29. The van der Waals surface area contributed by atoms with Gasteiger partial charge in [0.05, 0.1) is 11.3 Å². The molecule has 0 aromatic carbocycles. The molecule has 0 spiro atoms. The average molecular weight is 349 g/mol. The number of pyridine rings is 1. The Morgan fingerprint density at radius 3 is 2.96 bits per heavy atom. The zero-order valence-corrected chi connectivity index (χ0v) is 15.0. The zero-order chi connectivity index (χ0) is 17.9. The predicted octanol–water partition coefficient (Wildman–Crippen LogP) is 1.78. The van der Waals surface area contributed by atoms with Gasteiger partial charge in [-0.05, 0) is 44.9 Å². The third kappa shape index (κ3) is 3.33. The van der Waals surface area contributed by atoms with Crippen LogP contribution in [-0.2, 0) is 13.0 Å².